The summed E-state index contributed by atoms with van der Waals surface area (Å²) in [7, 11) is 0. The Morgan fingerprint density at radius 1 is 1.03 bits per heavy atom. The third-order valence-corrected chi connectivity index (χ3v) is 9.89. The molecule has 3 heteroatoms. The van der Waals surface area contributed by atoms with Crippen LogP contribution in [0.3, 0.4) is 0 Å². The minimum atomic E-state index is -0.827. The normalized spacial score (nSPS) is 35.1. The minimum absolute atomic E-state index is 0.184. The number of carboxylic acid groups (broad SMARTS) is 1. The van der Waals surface area contributed by atoms with Gasteiger partial charge in [0.2, 0.25) is 0 Å². The molecule has 1 aromatic rings. The monoisotopic (exact) mass is 422 g/mol. The second-order valence-electron chi connectivity index (χ2n) is 11.3. The zero-order chi connectivity index (χ0) is 21.6. The van der Waals surface area contributed by atoms with Crippen molar-refractivity contribution in [1.82, 2.24) is 0 Å². The zero-order valence-electron chi connectivity index (χ0n) is 19.1. The van der Waals surface area contributed by atoms with Gasteiger partial charge in [-0.2, -0.15) is 0 Å². The van der Waals surface area contributed by atoms with Gasteiger partial charge in [0, 0.05) is 12.3 Å². The van der Waals surface area contributed by atoms with E-state index in [0.717, 1.165) is 50.9 Å². The van der Waals surface area contributed by atoms with E-state index in [1.54, 1.807) is 6.07 Å². The fourth-order valence-electron chi connectivity index (χ4n) is 8.24. The third-order valence-electron chi connectivity index (χ3n) is 9.89. The van der Waals surface area contributed by atoms with Crippen LogP contribution in [0.4, 0.5) is 0 Å². The molecule has 4 aliphatic rings. The number of fused-ring (bicyclic) bond motifs is 5. The number of carbonyl (C=O) groups is 2. The van der Waals surface area contributed by atoms with E-state index in [2.05, 4.69) is 13.0 Å². The highest BCUT2D eigenvalue weighted by Gasteiger charge is 2.56. The molecule has 0 aliphatic heterocycles. The first-order chi connectivity index (χ1) is 15.0. The van der Waals surface area contributed by atoms with E-state index in [4.69, 9.17) is 0 Å². The van der Waals surface area contributed by atoms with Crippen molar-refractivity contribution in [3.8, 4) is 0 Å². The molecular formula is C28H38O3. The van der Waals surface area contributed by atoms with Gasteiger partial charge in [0.15, 0.2) is 0 Å². The predicted molar refractivity (Wildman–Crippen MR) is 122 cm³/mol. The van der Waals surface area contributed by atoms with Crippen LogP contribution in [0, 0.1) is 29.1 Å². The first kappa shape index (κ1) is 21.2. The molecule has 0 aromatic heterocycles. The first-order valence-corrected chi connectivity index (χ1v) is 12.9. The number of benzene rings is 1. The highest BCUT2D eigenvalue weighted by molar-refractivity contribution is 5.88. The maximum Gasteiger partial charge on any atom is 0.335 e. The lowest BCUT2D eigenvalue weighted by atomic mass is 9.53. The molecule has 0 saturated heterocycles. The maximum atomic E-state index is 13.4. The summed E-state index contributed by atoms with van der Waals surface area (Å²) in [5.74, 6) is 2.69. The molecule has 5 rings (SSSR count). The summed E-state index contributed by atoms with van der Waals surface area (Å²) in [6.07, 6.45) is 15.5. The van der Waals surface area contributed by atoms with Gasteiger partial charge in [-0.1, -0.05) is 45.1 Å². The Morgan fingerprint density at radius 2 is 1.84 bits per heavy atom. The lowest BCUT2D eigenvalue weighted by molar-refractivity contribution is -0.128. The highest BCUT2D eigenvalue weighted by Crippen LogP contribution is 2.63. The Hall–Kier alpha value is -1.64. The van der Waals surface area contributed by atoms with E-state index in [0.29, 0.717) is 29.1 Å². The van der Waals surface area contributed by atoms with E-state index in [9.17, 15) is 14.7 Å². The molecule has 0 bridgehead atoms. The van der Waals surface area contributed by atoms with Gasteiger partial charge in [0.25, 0.3) is 0 Å². The number of Topliss-reactive ketones (excluding diaryl/α,β-unsaturated/α-hetero) is 1. The smallest absolute Gasteiger partial charge is 0.335 e. The quantitative estimate of drug-likeness (QED) is 0.568. The SMILES string of the molecule is C[C@]12CC[C@@H]3c4ccc(C(=O)O)cc4CC[C@H]3[C@@H]1CC[C@@H]2C(=O)CCC1CCCCC1. The Balaban J connectivity index is 1.29. The molecule has 3 nitrogen and oxygen atoms in total. The molecule has 0 amide bonds. The molecule has 168 valence electrons. The van der Waals surface area contributed by atoms with Crippen LogP contribution < -0.4 is 0 Å². The van der Waals surface area contributed by atoms with Crippen molar-refractivity contribution >= 4 is 11.8 Å². The molecular weight excluding hydrogens is 384 g/mol. The van der Waals surface area contributed by atoms with Gasteiger partial charge in [-0.15, -0.1) is 0 Å². The van der Waals surface area contributed by atoms with Crippen LogP contribution in [0.1, 0.15) is 111 Å². The number of carbonyl (C=O) groups excluding carboxylic acids is 1. The van der Waals surface area contributed by atoms with Crippen LogP contribution in [-0.4, -0.2) is 16.9 Å². The number of hydrogen-bond donors (Lipinski definition) is 1. The van der Waals surface area contributed by atoms with Crippen molar-refractivity contribution in [3.05, 3.63) is 34.9 Å². The van der Waals surface area contributed by atoms with Crippen LogP contribution >= 0.6 is 0 Å². The van der Waals surface area contributed by atoms with Gasteiger partial charge < -0.3 is 5.11 Å². The molecule has 0 spiro atoms. The molecule has 4 aliphatic carbocycles. The summed E-state index contributed by atoms with van der Waals surface area (Å²) in [4.78, 5) is 24.7. The predicted octanol–water partition coefficient (Wildman–Crippen LogP) is 6.79. The van der Waals surface area contributed by atoms with Crippen molar-refractivity contribution in [2.45, 2.75) is 96.3 Å². The van der Waals surface area contributed by atoms with Crippen molar-refractivity contribution in [1.29, 1.82) is 0 Å². The molecule has 1 aromatic carbocycles. The molecule has 0 radical (unpaired) electrons. The van der Waals surface area contributed by atoms with E-state index in [1.807, 2.05) is 6.07 Å². The number of rotatable bonds is 5. The summed E-state index contributed by atoms with van der Waals surface area (Å²) in [6, 6.07) is 5.80. The molecule has 3 saturated carbocycles. The molecule has 1 N–H and O–H groups in total. The summed E-state index contributed by atoms with van der Waals surface area (Å²) >= 11 is 0. The van der Waals surface area contributed by atoms with Gasteiger partial charge in [-0.3, -0.25) is 4.79 Å². The standard InChI is InChI=1S/C28H38O3/c1-28-16-15-22-21-10-9-20(27(30)31)17-19(21)8-11-23(22)24(28)12-13-25(28)26(29)14-7-18-5-3-2-4-6-18/h9-10,17-18,22-25H,2-8,11-16H2,1H3,(H,30,31)/t22-,23-,24+,25-,28+/m1/s1. The molecule has 3 fully saturated rings. The lowest BCUT2D eigenvalue weighted by Gasteiger charge is -2.50. The molecule has 5 atom stereocenters. The fourth-order valence-corrected chi connectivity index (χ4v) is 8.24. The molecule has 0 unspecified atom stereocenters. The lowest BCUT2D eigenvalue weighted by Crippen LogP contribution is -2.44. The van der Waals surface area contributed by atoms with Gasteiger partial charge in [-0.05, 0) is 97.3 Å². The highest BCUT2D eigenvalue weighted by atomic mass is 16.4. The Kier molecular flexibility index (Phi) is 5.73. The van der Waals surface area contributed by atoms with E-state index in [-0.39, 0.29) is 11.3 Å². The average molecular weight is 423 g/mol. The number of hydrogen-bond acceptors (Lipinski definition) is 2. The van der Waals surface area contributed by atoms with E-state index >= 15 is 0 Å². The van der Waals surface area contributed by atoms with Crippen LogP contribution in [0.15, 0.2) is 18.2 Å². The van der Waals surface area contributed by atoms with Crippen molar-refractivity contribution < 1.29 is 14.7 Å². The van der Waals surface area contributed by atoms with Crippen molar-refractivity contribution in [3.63, 3.8) is 0 Å². The van der Waals surface area contributed by atoms with E-state index in [1.165, 1.54) is 49.7 Å². The summed E-state index contributed by atoms with van der Waals surface area (Å²) < 4.78 is 0. The summed E-state index contributed by atoms with van der Waals surface area (Å²) in [5, 5.41) is 9.35. The Morgan fingerprint density at radius 3 is 2.61 bits per heavy atom. The largest absolute Gasteiger partial charge is 0.478 e. The van der Waals surface area contributed by atoms with Gasteiger partial charge >= 0.3 is 5.97 Å². The topological polar surface area (TPSA) is 54.4 Å². The summed E-state index contributed by atoms with van der Waals surface area (Å²) in [6.45, 7) is 2.44. The zero-order valence-corrected chi connectivity index (χ0v) is 19.1. The maximum absolute atomic E-state index is 13.4. The Bertz CT molecular complexity index is 852. The average Bonchev–Trinajstić information content (AvgIpc) is 3.15. The second kappa shape index (κ2) is 8.37. The van der Waals surface area contributed by atoms with Crippen LogP contribution in [-0.2, 0) is 11.2 Å². The van der Waals surface area contributed by atoms with Gasteiger partial charge in [0.1, 0.15) is 5.78 Å². The van der Waals surface area contributed by atoms with Crippen molar-refractivity contribution in [2.75, 3.05) is 0 Å². The second-order valence-corrected chi connectivity index (χ2v) is 11.3. The minimum Gasteiger partial charge on any atom is -0.478 e. The fraction of sp³-hybridized carbons (Fsp3) is 0.714. The number of aromatic carboxylic acids is 1. The number of aryl methyl sites for hydroxylation is 1. The van der Waals surface area contributed by atoms with Crippen LogP contribution in [0.25, 0.3) is 0 Å². The first-order valence-electron chi connectivity index (χ1n) is 12.9. The van der Waals surface area contributed by atoms with Crippen LogP contribution in [0.2, 0.25) is 0 Å². The van der Waals surface area contributed by atoms with Gasteiger partial charge in [0.05, 0.1) is 5.56 Å². The van der Waals surface area contributed by atoms with Crippen molar-refractivity contribution in [2.24, 2.45) is 29.1 Å². The summed E-state index contributed by atoms with van der Waals surface area (Å²) in [5.41, 5.74) is 3.25. The van der Waals surface area contributed by atoms with Gasteiger partial charge in [-0.25, -0.2) is 4.79 Å². The molecule has 31 heavy (non-hydrogen) atoms. The van der Waals surface area contributed by atoms with E-state index < -0.39 is 5.97 Å². The third kappa shape index (κ3) is 3.76. The Labute approximate surface area is 187 Å². The molecule has 0 heterocycles. The number of ketones is 1. The number of carboxylic acids is 1. The van der Waals surface area contributed by atoms with Crippen LogP contribution in [0.5, 0.6) is 0 Å².